The van der Waals surface area contributed by atoms with Gasteiger partial charge in [-0.1, -0.05) is 18.1 Å². The molecule has 0 spiro atoms. The molecule has 0 aliphatic carbocycles. The van der Waals surface area contributed by atoms with Crippen LogP contribution in [0.5, 0.6) is 5.75 Å². The van der Waals surface area contributed by atoms with Gasteiger partial charge in [0.1, 0.15) is 43.1 Å². The highest BCUT2D eigenvalue weighted by Gasteiger charge is 2.56. The Labute approximate surface area is 278 Å². The third-order valence-electron chi connectivity index (χ3n) is 7.40. The second-order valence-electron chi connectivity index (χ2n) is 11.2. The van der Waals surface area contributed by atoms with Gasteiger partial charge < -0.3 is 48.3 Å². The minimum Gasteiger partial charge on any atom is -0.491 e. The van der Waals surface area contributed by atoms with Gasteiger partial charge in [0.15, 0.2) is 17.7 Å². The molecule has 0 bridgehead atoms. The fourth-order valence-electron chi connectivity index (χ4n) is 5.31. The van der Waals surface area contributed by atoms with Crippen molar-refractivity contribution in [1.82, 2.24) is 19.7 Å². The Balaban J connectivity index is 1.01. The van der Waals surface area contributed by atoms with Crippen molar-refractivity contribution in [2.45, 2.75) is 50.6 Å². The Morgan fingerprint density at radius 3 is 2.30 bits per heavy atom. The first-order valence-electron chi connectivity index (χ1n) is 15.6. The van der Waals surface area contributed by atoms with Crippen molar-refractivity contribution < 1.29 is 43.0 Å². The maximum absolute atomic E-state index is 9.86. The summed E-state index contributed by atoms with van der Waals surface area (Å²) in [5.74, 6) is 2.92. The lowest BCUT2D eigenvalue weighted by atomic mass is 10.1. The molecule has 0 amide bonds. The van der Waals surface area contributed by atoms with Gasteiger partial charge in [-0.15, -0.1) is 6.42 Å². The average Bonchev–Trinajstić information content (AvgIpc) is 3.72. The monoisotopic (exact) mass is 675 g/mol. The zero-order valence-corrected chi connectivity index (χ0v) is 27.4. The first-order valence-corrected chi connectivity index (χ1v) is 16.0. The fraction of sp³-hybridized carbons (Fsp3) is 0.594. The van der Waals surface area contributed by atoms with Gasteiger partial charge in [-0.25, -0.2) is 4.68 Å². The molecule has 4 atom stereocenters. The van der Waals surface area contributed by atoms with E-state index in [2.05, 4.69) is 26.3 Å². The highest BCUT2D eigenvalue weighted by atomic mass is 35.5. The number of aliphatic hydroxyl groups excluding tert-OH is 1. The Bertz CT molecular complexity index is 1450. The number of hydrogen-bond acceptors (Lipinski definition) is 13. The van der Waals surface area contributed by atoms with Crippen LogP contribution in [0.4, 0.5) is 5.82 Å². The normalized spacial score (nSPS) is 21.6. The number of hydrogen-bond donors (Lipinski definition) is 2. The van der Waals surface area contributed by atoms with E-state index in [1.165, 1.54) is 0 Å². The number of anilines is 1. The van der Waals surface area contributed by atoms with Crippen LogP contribution in [-0.2, 0) is 39.6 Å². The van der Waals surface area contributed by atoms with Gasteiger partial charge in [-0.05, 0) is 49.6 Å². The van der Waals surface area contributed by atoms with E-state index >= 15 is 0 Å². The standard InChI is InChI=1S/C32H42ClN5O9/c1-4-11-40-12-13-41-14-15-42-16-17-43-18-19-44-23-7-5-22(6-8-23)9-10-34-28-24-20-35-38(29(24)37-31(33)36-28)30-27-26(25(21-39)45-30)46-32(2,3)47-27/h1,5-8,20,25-27,30,39H,9-19,21H2,2-3H3,(H,34,36,37)/t25-,26-,27-,30-/m1/s1. The van der Waals surface area contributed by atoms with E-state index in [4.69, 9.17) is 55.9 Å². The van der Waals surface area contributed by atoms with E-state index in [1.54, 1.807) is 10.9 Å². The molecule has 47 heavy (non-hydrogen) atoms. The van der Waals surface area contributed by atoms with E-state index < -0.39 is 30.3 Å². The molecule has 2 N–H and O–H groups in total. The van der Waals surface area contributed by atoms with Crippen LogP contribution in [0.15, 0.2) is 30.5 Å². The summed E-state index contributed by atoms with van der Waals surface area (Å²) in [6, 6.07) is 7.91. The van der Waals surface area contributed by atoms with Crippen LogP contribution >= 0.6 is 11.6 Å². The van der Waals surface area contributed by atoms with Crippen LogP contribution < -0.4 is 10.1 Å². The summed E-state index contributed by atoms with van der Waals surface area (Å²) in [4.78, 5) is 8.82. The summed E-state index contributed by atoms with van der Waals surface area (Å²) < 4.78 is 47.1. The number of nitrogens with one attached hydrogen (secondary N) is 1. The van der Waals surface area contributed by atoms with E-state index in [0.29, 0.717) is 82.9 Å². The van der Waals surface area contributed by atoms with Gasteiger partial charge in [0.05, 0.1) is 64.4 Å². The van der Waals surface area contributed by atoms with Crippen molar-refractivity contribution in [2.75, 3.05) is 77.9 Å². The quantitative estimate of drug-likeness (QED) is 0.103. The Hall–Kier alpha value is -3.10. The van der Waals surface area contributed by atoms with Crippen LogP contribution in [0.3, 0.4) is 0 Å². The first kappa shape index (κ1) is 35.2. The topological polar surface area (TPSA) is 150 Å². The summed E-state index contributed by atoms with van der Waals surface area (Å²) in [7, 11) is 0. The van der Waals surface area contributed by atoms with Crippen LogP contribution in [-0.4, -0.2) is 122 Å². The van der Waals surface area contributed by atoms with Crippen molar-refractivity contribution >= 4 is 28.5 Å². The molecule has 2 aromatic heterocycles. The molecule has 256 valence electrons. The predicted octanol–water partition coefficient (Wildman–Crippen LogP) is 2.62. The van der Waals surface area contributed by atoms with E-state index in [1.807, 2.05) is 38.1 Å². The molecule has 0 unspecified atom stereocenters. The van der Waals surface area contributed by atoms with E-state index in [-0.39, 0.29) is 11.9 Å². The first-order chi connectivity index (χ1) is 22.9. The maximum Gasteiger partial charge on any atom is 0.226 e. The number of aliphatic hydroxyl groups is 1. The fourth-order valence-corrected chi connectivity index (χ4v) is 5.47. The van der Waals surface area contributed by atoms with Gasteiger partial charge >= 0.3 is 0 Å². The van der Waals surface area contributed by atoms with Gasteiger partial charge in [0.25, 0.3) is 0 Å². The van der Waals surface area contributed by atoms with Crippen molar-refractivity contribution in [3.8, 4) is 18.1 Å². The molecule has 1 aromatic carbocycles. The molecule has 2 saturated heterocycles. The molecule has 15 heteroatoms. The Morgan fingerprint density at radius 1 is 0.957 bits per heavy atom. The van der Waals surface area contributed by atoms with Crippen LogP contribution in [0.2, 0.25) is 5.28 Å². The molecule has 0 radical (unpaired) electrons. The van der Waals surface area contributed by atoms with Crippen molar-refractivity contribution in [1.29, 1.82) is 0 Å². The Kier molecular flexibility index (Phi) is 13.0. The van der Waals surface area contributed by atoms with Crippen molar-refractivity contribution in [2.24, 2.45) is 0 Å². The molecule has 2 aliphatic rings. The lowest BCUT2D eigenvalue weighted by molar-refractivity contribution is -0.201. The van der Waals surface area contributed by atoms with E-state index in [9.17, 15) is 5.11 Å². The summed E-state index contributed by atoms with van der Waals surface area (Å²) in [5, 5.41) is 18.5. The molecule has 5 rings (SSSR count). The van der Waals surface area contributed by atoms with Crippen molar-refractivity contribution in [3.63, 3.8) is 0 Å². The second kappa shape index (κ2) is 17.3. The SMILES string of the molecule is C#CCOCCOCCOCCOCCOc1ccc(CCNc2nc(Cl)nc3c2cnn3[C@@H]2O[C@H](CO)[C@H]3OC(C)(C)O[C@H]32)cc1. The minimum absolute atomic E-state index is 0.0704. The minimum atomic E-state index is -0.807. The molecular formula is C32H42ClN5O9. The number of fused-ring (bicyclic) bond motifs is 2. The molecule has 2 fully saturated rings. The number of rotatable bonds is 20. The number of ether oxygens (including phenoxy) is 8. The third-order valence-corrected chi connectivity index (χ3v) is 7.57. The number of aromatic nitrogens is 4. The predicted molar refractivity (Wildman–Crippen MR) is 171 cm³/mol. The maximum atomic E-state index is 9.86. The van der Waals surface area contributed by atoms with Gasteiger partial charge in [0, 0.05) is 6.54 Å². The molecular weight excluding hydrogens is 634 g/mol. The van der Waals surface area contributed by atoms with Crippen LogP contribution in [0, 0.1) is 12.3 Å². The van der Waals surface area contributed by atoms with Crippen LogP contribution in [0.1, 0.15) is 25.6 Å². The number of benzene rings is 1. The van der Waals surface area contributed by atoms with Gasteiger partial charge in [-0.3, -0.25) is 0 Å². The zero-order chi connectivity index (χ0) is 33.1. The van der Waals surface area contributed by atoms with E-state index in [0.717, 1.165) is 17.7 Å². The summed E-state index contributed by atoms with van der Waals surface area (Å²) in [5.41, 5.74) is 1.61. The molecule has 2 aliphatic heterocycles. The molecule has 14 nitrogen and oxygen atoms in total. The summed E-state index contributed by atoms with van der Waals surface area (Å²) in [6.07, 6.45) is 5.40. The average molecular weight is 676 g/mol. The second-order valence-corrected chi connectivity index (χ2v) is 11.6. The third kappa shape index (κ3) is 9.73. The number of nitrogens with zero attached hydrogens (tertiary/aromatic N) is 4. The largest absolute Gasteiger partial charge is 0.491 e. The molecule has 4 heterocycles. The van der Waals surface area contributed by atoms with Gasteiger partial charge in [0.2, 0.25) is 5.28 Å². The van der Waals surface area contributed by atoms with Crippen LogP contribution in [0.25, 0.3) is 11.0 Å². The highest BCUT2D eigenvalue weighted by molar-refractivity contribution is 6.28. The summed E-state index contributed by atoms with van der Waals surface area (Å²) in [6.45, 7) is 8.15. The van der Waals surface area contributed by atoms with Gasteiger partial charge in [-0.2, -0.15) is 15.1 Å². The summed E-state index contributed by atoms with van der Waals surface area (Å²) >= 11 is 6.32. The Morgan fingerprint density at radius 2 is 1.62 bits per heavy atom. The molecule has 3 aromatic rings. The molecule has 0 saturated carbocycles. The zero-order valence-electron chi connectivity index (χ0n) is 26.6. The smallest absolute Gasteiger partial charge is 0.226 e. The van der Waals surface area contributed by atoms with Crippen molar-refractivity contribution in [3.05, 3.63) is 41.3 Å². The lowest BCUT2D eigenvalue weighted by Crippen LogP contribution is -2.31. The number of terminal acetylenes is 1. The highest BCUT2D eigenvalue weighted by Crippen LogP contribution is 2.43. The number of halogens is 1. The lowest BCUT2D eigenvalue weighted by Gasteiger charge is -2.23.